The first kappa shape index (κ1) is 14.3. The molecule has 0 amide bonds. The van der Waals surface area contributed by atoms with Crippen LogP contribution >= 0.6 is 0 Å². The third kappa shape index (κ3) is 2.76. The van der Waals surface area contributed by atoms with E-state index in [1.807, 2.05) is 12.1 Å². The number of nitrogens with two attached hydrogens (primary N) is 1. The van der Waals surface area contributed by atoms with Gasteiger partial charge in [0.05, 0.1) is 25.4 Å². The minimum atomic E-state index is 0.0980. The molecule has 0 aromatic heterocycles. The molecule has 1 fully saturated rings. The molecule has 1 aromatic rings. The minimum absolute atomic E-state index is 0.0980. The molecule has 0 radical (unpaired) electrons. The highest BCUT2D eigenvalue weighted by Crippen LogP contribution is 2.40. The number of hydrogen-bond donors (Lipinski definition) is 2. The summed E-state index contributed by atoms with van der Waals surface area (Å²) in [6, 6.07) is 8.15. The van der Waals surface area contributed by atoms with E-state index in [9.17, 15) is 0 Å². The molecule has 5 atom stereocenters. The SMILES string of the molecule is COc1ccc(C(NN)C2C(C)OC(C)C2C)cc1. The lowest BCUT2D eigenvalue weighted by atomic mass is 9.81. The molecule has 1 aromatic carbocycles. The van der Waals surface area contributed by atoms with Crippen LogP contribution in [0.15, 0.2) is 24.3 Å². The van der Waals surface area contributed by atoms with Gasteiger partial charge in [0.25, 0.3) is 0 Å². The Morgan fingerprint density at radius 1 is 1.16 bits per heavy atom. The Morgan fingerprint density at radius 2 is 1.79 bits per heavy atom. The summed E-state index contributed by atoms with van der Waals surface area (Å²) < 4.78 is 11.1. The second kappa shape index (κ2) is 5.90. The molecule has 0 saturated carbocycles. The van der Waals surface area contributed by atoms with Crippen molar-refractivity contribution in [3.63, 3.8) is 0 Å². The van der Waals surface area contributed by atoms with Crippen molar-refractivity contribution in [2.75, 3.05) is 7.11 Å². The summed E-state index contributed by atoms with van der Waals surface area (Å²) >= 11 is 0. The number of methoxy groups -OCH3 is 1. The van der Waals surface area contributed by atoms with Gasteiger partial charge in [-0.15, -0.1) is 0 Å². The Balaban J connectivity index is 2.23. The summed E-state index contributed by atoms with van der Waals surface area (Å²) in [4.78, 5) is 0. The number of ether oxygens (including phenoxy) is 2. The molecule has 2 rings (SSSR count). The summed E-state index contributed by atoms with van der Waals surface area (Å²) in [6.45, 7) is 6.48. The van der Waals surface area contributed by atoms with Crippen LogP contribution in [0.5, 0.6) is 5.75 Å². The predicted octanol–water partition coefficient (Wildman–Crippen LogP) is 2.26. The fourth-order valence-corrected chi connectivity index (χ4v) is 3.11. The fraction of sp³-hybridized carbons (Fsp3) is 0.600. The Bertz CT molecular complexity index is 407. The molecular weight excluding hydrogens is 240 g/mol. The molecule has 3 N–H and O–H groups in total. The van der Waals surface area contributed by atoms with Crippen molar-refractivity contribution in [3.8, 4) is 5.75 Å². The summed E-state index contributed by atoms with van der Waals surface area (Å²) in [5.74, 6) is 7.49. The third-order valence-electron chi connectivity index (χ3n) is 4.36. The molecule has 0 spiro atoms. The number of rotatable bonds is 4. The van der Waals surface area contributed by atoms with E-state index in [2.05, 4.69) is 38.3 Å². The summed E-state index contributed by atoms with van der Waals surface area (Å²) in [6.07, 6.45) is 0.474. The predicted molar refractivity (Wildman–Crippen MR) is 75.7 cm³/mol. The quantitative estimate of drug-likeness (QED) is 0.647. The molecule has 1 saturated heterocycles. The molecule has 1 aliphatic heterocycles. The van der Waals surface area contributed by atoms with Crippen LogP contribution in [0.25, 0.3) is 0 Å². The molecule has 0 aliphatic carbocycles. The van der Waals surface area contributed by atoms with E-state index in [0.717, 1.165) is 5.75 Å². The van der Waals surface area contributed by atoms with E-state index < -0.39 is 0 Å². The van der Waals surface area contributed by atoms with Crippen molar-refractivity contribution in [2.45, 2.75) is 39.0 Å². The molecule has 5 unspecified atom stereocenters. The summed E-state index contributed by atoms with van der Waals surface area (Å²) in [5.41, 5.74) is 4.13. The first-order chi connectivity index (χ1) is 9.08. The van der Waals surface area contributed by atoms with Gasteiger partial charge in [-0.1, -0.05) is 19.1 Å². The molecule has 0 bridgehead atoms. The lowest BCUT2D eigenvalue weighted by molar-refractivity contribution is 0.0475. The van der Waals surface area contributed by atoms with Gasteiger partial charge in [-0.05, 0) is 37.5 Å². The molecule has 4 heteroatoms. The monoisotopic (exact) mass is 264 g/mol. The first-order valence-corrected chi connectivity index (χ1v) is 6.84. The second-order valence-corrected chi connectivity index (χ2v) is 5.40. The number of nitrogens with one attached hydrogen (secondary N) is 1. The minimum Gasteiger partial charge on any atom is -0.497 e. The topological polar surface area (TPSA) is 56.5 Å². The maximum atomic E-state index is 5.91. The Labute approximate surface area is 115 Å². The average Bonchev–Trinajstić information content (AvgIpc) is 2.67. The number of hydrazine groups is 1. The van der Waals surface area contributed by atoms with Crippen LogP contribution in [0.4, 0.5) is 0 Å². The van der Waals surface area contributed by atoms with E-state index in [1.54, 1.807) is 7.11 Å². The Hall–Kier alpha value is -1.10. The molecule has 1 aliphatic rings. The van der Waals surface area contributed by atoms with E-state index in [1.165, 1.54) is 5.56 Å². The maximum Gasteiger partial charge on any atom is 0.118 e. The smallest absolute Gasteiger partial charge is 0.118 e. The van der Waals surface area contributed by atoms with Crippen molar-refractivity contribution in [3.05, 3.63) is 29.8 Å². The van der Waals surface area contributed by atoms with Gasteiger partial charge in [0.15, 0.2) is 0 Å². The Morgan fingerprint density at radius 3 is 2.21 bits per heavy atom. The van der Waals surface area contributed by atoms with Gasteiger partial charge < -0.3 is 9.47 Å². The second-order valence-electron chi connectivity index (χ2n) is 5.40. The normalized spacial score (nSPS) is 32.3. The molecule has 4 nitrogen and oxygen atoms in total. The molecule has 19 heavy (non-hydrogen) atoms. The molecule has 106 valence electrons. The standard InChI is InChI=1S/C15H24N2O2/c1-9-10(2)19-11(3)14(9)15(17-16)12-5-7-13(18-4)8-6-12/h5-11,14-15,17H,16H2,1-4H3. The number of benzene rings is 1. The van der Waals surface area contributed by atoms with E-state index in [4.69, 9.17) is 15.3 Å². The van der Waals surface area contributed by atoms with E-state index in [0.29, 0.717) is 11.8 Å². The highest BCUT2D eigenvalue weighted by molar-refractivity contribution is 5.29. The highest BCUT2D eigenvalue weighted by atomic mass is 16.5. The molecular formula is C15H24N2O2. The van der Waals surface area contributed by atoms with Crippen molar-refractivity contribution >= 4 is 0 Å². The lowest BCUT2D eigenvalue weighted by Gasteiger charge is -2.28. The van der Waals surface area contributed by atoms with Crippen LogP contribution in [0.2, 0.25) is 0 Å². The van der Waals surface area contributed by atoms with Gasteiger partial charge in [-0.2, -0.15) is 0 Å². The van der Waals surface area contributed by atoms with E-state index in [-0.39, 0.29) is 18.2 Å². The Kier molecular flexibility index (Phi) is 4.45. The van der Waals surface area contributed by atoms with Gasteiger partial charge >= 0.3 is 0 Å². The zero-order chi connectivity index (χ0) is 14.0. The summed E-state index contributed by atoms with van der Waals surface area (Å²) in [7, 11) is 1.67. The van der Waals surface area contributed by atoms with Gasteiger partial charge in [0, 0.05) is 5.92 Å². The van der Waals surface area contributed by atoms with Crippen LogP contribution < -0.4 is 16.0 Å². The average molecular weight is 264 g/mol. The van der Waals surface area contributed by atoms with Crippen molar-refractivity contribution in [1.29, 1.82) is 0 Å². The van der Waals surface area contributed by atoms with Crippen molar-refractivity contribution in [1.82, 2.24) is 5.43 Å². The maximum absolute atomic E-state index is 5.91. The van der Waals surface area contributed by atoms with E-state index >= 15 is 0 Å². The third-order valence-corrected chi connectivity index (χ3v) is 4.36. The van der Waals surface area contributed by atoms with Crippen molar-refractivity contribution in [2.24, 2.45) is 17.7 Å². The largest absolute Gasteiger partial charge is 0.497 e. The van der Waals surface area contributed by atoms with Crippen LogP contribution in [0.3, 0.4) is 0 Å². The van der Waals surface area contributed by atoms with Gasteiger partial charge in [-0.25, -0.2) is 0 Å². The number of hydrogen-bond acceptors (Lipinski definition) is 4. The van der Waals surface area contributed by atoms with Crippen LogP contribution in [0.1, 0.15) is 32.4 Å². The zero-order valence-electron chi connectivity index (χ0n) is 12.1. The van der Waals surface area contributed by atoms with Crippen LogP contribution in [0, 0.1) is 11.8 Å². The fourth-order valence-electron chi connectivity index (χ4n) is 3.11. The molecule has 1 heterocycles. The van der Waals surface area contributed by atoms with Gasteiger partial charge in [0.1, 0.15) is 5.75 Å². The summed E-state index contributed by atoms with van der Waals surface area (Å²) in [5, 5.41) is 0. The van der Waals surface area contributed by atoms with Gasteiger partial charge in [-0.3, -0.25) is 11.3 Å². The lowest BCUT2D eigenvalue weighted by Crippen LogP contribution is -2.38. The van der Waals surface area contributed by atoms with Crippen LogP contribution in [-0.2, 0) is 4.74 Å². The first-order valence-electron chi connectivity index (χ1n) is 6.84. The van der Waals surface area contributed by atoms with Crippen molar-refractivity contribution < 1.29 is 9.47 Å². The zero-order valence-corrected chi connectivity index (χ0v) is 12.1. The van der Waals surface area contributed by atoms with Gasteiger partial charge in [0.2, 0.25) is 0 Å². The van der Waals surface area contributed by atoms with Crippen LogP contribution in [-0.4, -0.2) is 19.3 Å². The highest BCUT2D eigenvalue weighted by Gasteiger charge is 2.41.